The molecule has 2 aromatic rings. The van der Waals surface area contributed by atoms with Crippen molar-refractivity contribution in [3.05, 3.63) is 35.1 Å². The van der Waals surface area contributed by atoms with Gasteiger partial charge in [-0.15, -0.1) is 0 Å². The minimum atomic E-state index is 0.174. The predicted octanol–water partition coefficient (Wildman–Crippen LogP) is 4.21. The van der Waals surface area contributed by atoms with E-state index in [-0.39, 0.29) is 5.28 Å². The van der Waals surface area contributed by atoms with Gasteiger partial charge in [0.2, 0.25) is 17.2 Å². The van der Waals surface area contributed by atoms with Crippen molar-refractivity contribution in [2.24, 2.45) is 0 Å². The summed E-state index contributed by atoms with van der Waals surface area (Å²) in [5, 5.41) is 6.51. The lowest BCUT2D eigenvalue weighted by Crippen LogP contribution is -2.08. The van der Waals surface area contributed by atoms with Crippen LogP contribution in [0, 0.1) is 0 Å². The van der Waals surface area contributed by atoms with Crippen molar-refractivity contribution >= 4 is 29.2 Å². The van der Waals surface area contributed by atoms with Gasteiger partial charge in [0, 0.05) is 12.2 Å². The van der Waals surface area contributed by atoms with E-state index in [2.05, 4.69) is 52.4 Å². The van der Waals surface area contributed by atoms with E-state index in [1.165, 1.54) is 5.56 Å². The maximum atomic E-state index is 5.96. The molecule has 2 N–H and O–H groups in total. The molecule has 1 aromatic carbocycles. The van der Waals surface area contributed by atoms with Gasteiger partial charge in [-0.2, -0.15) is 15.0 Å². The first kappa shape index (κ1) is 15.5. The Balaban J connectivity index is 2.25. The summed E-state index contributed by atoms with van der Waals surface area (Å²) in [6.45, 7) is 7.17. The number of aromatic nitrogens is 3. The van der Waals surface area contributed by atoms with Crippen LogP contribution in [0.25, 0.3) is 0 Å². The van der Waals surface area contributed by atoms with Gasteiger partial charge in [-0.3, -0.25) is 0 Å². The van der Waals surface area contributed by atoms with Crippen molar-refractivity contribution in [3.63, 3.8) is 0 Å². The van der Waals surface area contributed by atoms with E-state index in [4.69, 9.17) is 11.6 Å². The molecule has 0 radical (unpaired) electrons. The normalized spacial score (nSPS) is 10.7. The standard InChI is InChI=1S/C15H20ClN5/c1-4-9-17-14-19-13(16)20-15(21-14)18-12-8-6-5-7-11(12)10(2)3/h5-8,10H,4,9H2,1-3H3,(H2,17,18,19,20,21). The molecule has 0 spiro atoms. The Bertz CT molecular complexity index is 600. The zero-order valence-corrected chi connectivity index (χ0v) is 13.3. The van der Waals surface area contributed by atoms with Gasteiger partial charge >= 0.3 is 0 Å². The molecule has 0 unspecified atom stereocenters. The lowest BCUT2D eigenvalue weighted by atomic mass is 10.0. The van der Waals surface area contributed by atoms with Crippen LogP contribution in [0.5, 0.6) is 0 Å². The molecule has 21 heavy (non-hydrogen) atoms. The summed E-state index contributed by atoms with van der Waals surface area (Å²) in [5.41, 5.74) is 2.19. The first-order chi connectivity index (χ1) is 10.1. The monoisotopic (exact) mass is 305 g/mol. The molecule has 0 aliphatic rings. The lowest BCUT2D eigenvalue weighted by Gasteiger charge is -2.14. The number of nitrogens with zero attached hydrogens (tertiary/aromatic N) is 3. The van der Waals surface area contributed by atoms with Crippen LogP contribution in [0.2, 0.25) is 5.28 Å². The van der Waals surface area contributed by atoms with Crippen molar-refractivity contribution in [1.82, 2.24) is 15.0 Å². The summed E-state index contributed by atoms with van der Waals surface area (Å²) >= 11 is 5.96. The summed E-state index contributed by atoms with van der Waals surface area (Å²) in [7, 11) is 0. The molecular formula is C15H20ClN5. The highest BCUT2D eigenvalue weighted by atomic mass is 35.5. The highest BCUT2D eigenvalue weighted by Gasteiger charge is 2.09. The van der Waals surface area contributed by atoms with Gasteiger partial charge in [0.25, 0.3) is 0 Å². The van der Waals surface area contributed by atoms with Crippen molar-refractivity contribution in [3.8, 4) is 0 Å². The maximum Gasteiger partial charge on any atom is 0.233 e. The summed E-state index contributed by atoms with van der Waals surface area (Å²) in [6.07, 6.45) is 0.988. The average Bonchev–Trinajstić information content (AvgIpc) is 2.45. The number of rotatable bonds is 6. The van der Waals surface area contributed by atoms with Gasteiger partial charge in [0.1, 0.15) is 0 Å². The van der Waals surface area contributed by atoms with Crippen molar-refractivity contribution in [1.29, 1.82) is 0 Å². The van der Waals surface area contributed by atoms with Crippen LogP contribution in [0.15, 0.2) is 24.3 Å². The Morgan fingerprint density at radius 1 is 1.10 bits per heavy atom. The van der Waals surface area contributed by atoms with E-state index in [0.717, 1.165) is 18.7 Å². The van der Waals surface area contributed by atoms with E-state index in [9.17, 15) is 0 Å². The molecule has 0 amide bonds. The number of nitrogens with one attached hydrogen (secondary N) is 2. The van der Waals surface area contributed by atoms with Crippen LogP contribution in [0.3, 0.4) is 0 Å². The van der Waals surface area contributed by atoms with Crippen molar-refractivity contribution in [2.75, 3.05) is 17.2 Å². The van der Waals surface area contributed by atoms with Gasteiger partial charge in [-0.05, 0) is 35.6 Å². The van der Waals surface area contributed by atoms with Crippen LogP contribution < -0.4 is 10.6 Å². The SMILES string of the molecule is CCCNc1nc(Cl)nc(Nc2ccccc2C(C)C)n1. The van der Waals surface area contributed by atoms with Gasteiger partial charge in [0.15, 0.2) is 0 Å². The molecule has 0 atom stereocenters. The molecule has 2 rings (SSSR count). The maximum absolute atomic E-state index is 5.96. The van der Waals surface area contributed by atoms with Gasteiger partial charge in [-0.25, -0.2) is 0 Å². The Morgan fingerprint density at radius 3 is 2.52 bits per heavy atom. The van der Waals surface area contributed by atoms with Crippen LogP contribution in [0.4, 0.5) is 17.6 Å². The highest BCUT2D eigenvalue weighted by molar-refractivity contribution is 6.28. The van der Waals surface area contributed by atoms with Crippen molar-refractivity contribution < 1.29 is 0 Å². The van der Waals surface area contributed by atoms with Gasteiger partial charge in [-0.1, -0.05) is 39.0 Å². The molecule has 0 fully saturated rings. The molecule has 0 aliphatic heterocycles. The number of hydrogen-bond donors (Lipinski definition) is 2. The van der Waals surface area contributed by atoms with E-state index in [1.807, 2.05) is 18.2 Å². The van der Waals surface area contributed by atoms with Crippen molar-refractivity contribution in [2.45, 2.75) is 33.1 Å². The summed E-state index contributed by atoms with van der Waals surface area (Å²) in [4.78, 5) is 12.5. The fourth-order valence-corrected chi connectivity index (χ4v) is 2.12. The fraction of sp³-hybridized carbons (Fsp3) is 0.400. The second kappa shape index (κ2) is 7.22. The molecule has 1 aromatic heterocycles. The van der Waals surface area contributed by atoms with Crippen LogP contribution >= 0.6 is 11.6 Å². The molecular weight excluding hydrogens is 286 g/mol. The molecule has 0 aliphatic carbocycles. The summed E-state index contributed by atoms with van der Waals surface area (Å²) in [6, 6.07) is 8.10. The number of hydrogen-bond acceptors (Lipinski definition) is 5. The van der Waals surface area contributed by atoms with Gasteiger partial charge < -0.3 is 10.6 Å². The fourth-order valence-electron chi connectivity index (χ4n) is 1.96. The van der Waals surface area contributed by atoms with E-state index in [1.54, 1.807) is 0 Å². The Morgan fingerprint density at radius 2 is 1.81 bits per heavy atom. The third kappa shape index (κ3) is 4.29. The number of benzene rings is 1. The highest BCUT2D eigenvalue weighted by Crippen LogP contribution is 2.26. The second-order valence-corrected chi connectivity index (χ2v) is 5.38. The molecule has 1 heterocycles. The minimum Gasteiger partial charge on any atom is -0.354 e. The summed E-state index contributed by atoms with van der Waals surface area (Å²) in [5.74, 6) is 1.34. The second-order valence-electron chi connectivity index (χ2n) is 5.05. The third-order valence-electron chi connectivity index (χ3n) is 2.97. The van der Waals surface area contributed by atoms with E-state index < -0.39 is 0 Å². The van der Waals surface area contributed by atoms with Crippen LogP contribution in [0.1, 0.15) is 38.7 Å². The molecule has 5 nitrogen and oxygen atoms in total. The van der Waals surface area contributed by atoms with Crippen LogP contribution in [-0.4, -0.2) is 21.5 Å². The molecule has 112 valence electrons. The first-order valence-corrected chi connectivity index (χ1v) is 7.49. The topological polar surface area (TPSA) is 62.7 Å². The Labute approximate surface area is 130 Å². The lowest BCUT2D eigenvalue weighted by molar-refractivity contribution is 0.868. The molecule has 0 bridgehead atoms. The van der Waals surface area contributed by atoms with Gasteiger partial charge in [0.05, 0.1) is 0 Å². The average molecular weight is 306 g/mol. The largest absolute Gasteiger partial charge is 0.354 e. The summed E-state index contributed by atoms with van der Waals surface area (Å²) < 4.78 is 0. The minimum absolute atomic E-state index is 0.174. The Hall–Kier alpha value is -1.88. The quantitative estimate of drug-likeness (QED) is 0.837. The smallest absolute Gasteiger partial charge is 0.233 e. The molecule has 0 saturated carbocycles. The Kier molecular flexibility index (Phi) is 5.33. The van der Waals surface area contributed by atoms with Crippen LogP contribution in [-0.2, 0) is 0 Å². The number of para-hydroxylation sites is 1. The molecule has 6 heteroatoms. The number of halogens is 1. The van der Waals surface area contributed by atoms with E-state index in [0.29, 0.717) is 17.8 Å². The predicted molar refractivity (Wildman–Crippen MR) is 87.4 cm³/mol. The molecule has 0 saturated heterocycles. The number of anilines is 3. The zero-order chi connectivity index (χ0) is 15.2. The zero-order valence-electron chi connectivity index (χ0n) is 12.5. The first-order valence-electron chi connectivity index (χ1n) is 7.11. The third-order valence-corrected chi connectivity index (χ3v) is 3.14. The van der Waals surface area contributed by atoms with E-state index >= 15 is 0 Å².